The van der Waals surface area contributed by atoms with E-state index in [1.165, 1.54) is 10.9 Å². The van der Waals surface area contributed by atoms with E-state index in [4.69, 9.17) is 0 Å². The summed E-state index contributed by atoms with van der Waals surface area (Å²) >= 11 is 0. The van der Waals surface area contributed by atoms with Crippen LogP contribution < -0.4 is 5.43 Å². The lowest BCUT2D eigenvalue weighted by Gasteiger charge is -2.15. The van der Waals surface area contributed by atoms with E-state index in [1.54, 1.807) is 0 Å². The molecule has 3 aromatic carbocycles. The zero-order valence-corrected chi connectivity index (χ0v) is 16.1. The molecular formula is C24H20N4O. The van der Waals surface area contributed by atoms with Crippen molar-refractivity contribution >= 4 is 22.4 Å². The van der Waals surface area contributed by atoms with E-state index in [2.05, 4.69) is 57.1 Å². The number of hydrogen-bond acceptors (Lipinski definition) is 3. The Morgan fingerprint density at radius 1 is 1.00 bits per heavy atom. The van der Waals surface area contributed by atoms with Crippen molar-refractivity contribution in [2.75, 3.05) is 0 Å². The smallest absolute Gasteiger partial charge is 0.272 e. The molecule has 0 saturated heterocycles. The molecule has 1 heterocycles. The van der Waals surface area contributed by atoms with Crippen LogP contribution in [0.3, 0.4) is 0 Å². The van der Waals surface area contributed by atoms with Crippen LogP contribution in [0, 0.1) is 0 Å². The molecule has 0 bridgehead atoms. The quantitative estimate of drug-likeness (QED) is 0.406. The number of fused-ring (bicyclic) bond motifs is 4. The summed E-state index contributed by atoms with van der Waals surface area (Å²) in [5, 5.41) is 14.0. The number of benzene rings is 3. The number of aryl methyl sites for hydroxylation is 1. The Hall–Kier alpha value is -3.73. The maximum absolute atomic E-state index is 12.7. The SMILES string of the molecule is C/C(=N/NC(=O)c1[nH]nc2c1CCc1ccccc1-2)c1ccc2ccccc2c1. The summed E-state index contributed by atoms with van der Waals surface area (Å²) in [6, 6.07) is 22.5. The van der Waals surface area contributed by atoms with E-state index in [-0.39, 0.29) is 5.91 Å². The molecule has 1 aliphatic rings. The average molecular weight is 380 g/mol. The number of nitrogens with one attached hydrogen (secondary N) is 2. The molecule has 0 atom stereocenters. The van der Waals surface area contributed by atoms with Crippen LogP contribution in [0.15, 0.2) is 71.8 Å². The number of carbonyl (C=O) groups excluding carboxylic acids is 1. The number of hydrazone groups is 1. The second kappa shape index (κ2) is 7.02. The molecule has 5 heteroatoms. The van der Waals surface area contributed by atoms with E-state index < -0.39 is 0 Å². The summed E-state index contributed by atoms with van der Waals surface area (Å²) in [5.41, 5.74) is 9.09. The highest BCUT2D eigenvalue weighted by Crippen LogP contribution is 2.33. The predicted molar refractivity (Wildman–Crippen MR) is 115 cm³/mol. The minimum absolute atomic E-state index is 0.265. The normalized spacial score (nSPS) is 13.1. The van der Waals surface area contributed by atoms with Crippen molar-refractivity contribution in [3.8, 4) is 11.3 Å². The van der Waals surface area contributed by atoms with Crippen LogP contribution in [-0.2, 0) is 12.8 Å². The van der Waals surface area contributed by atoms with E-state index in [9.17, 15) is 4.79 Å². The zero-order chi connectivity index (χ0) is 19.8. The van der Waals surface area contributed by atoms with Gasteiger partial charge in [0, 0.05) is 11.1 Å². The summed E-state index contributed by atoms with van der Waals surface area (Å²) in [4.78, 5) is 12.7. The van der Waals surface area contributed by atoms with Crippen molar-refractivity contribution < 1.29 is 4.79 Å². The highest BCUT2D eigenvalue weighted by molar-refractivity contribution is 6.03. The molecule has 0 unspecified atom stereocenters. The third-order valence-electron chi connectivity index (χ3n) is 5.50. The van der Waals surface area contributed by atoms with Crippen molar-refractivity contribution in [1.29, 1.82) is 0 Å². The number of carbonyl (C=O) groups is 1. The number of amides is 1. The first-order valence-electron chi connectivity index (χ1n) is 9.70. The van der Waals surface area contributed by atoms with Gasteiger partial charge in [0.1, 0.15) is 5.69 Å². The maximum Gasteiger partial charge on any atom is 0.289 e. The predicted octanol–water partition coefficient (Wildman–Crippen LogP) is 4.48. The molecule has 2 N–H and O–H groups in total. The monoisotopic (exact) mass is 380 g/mol. The van der Waals surface area contributed by atoms with Crippen LogP contribution in [0.5, 0.6) is 0 Å². The van der Waals surface area contributed by atoms with E-state index >= 15 is 0 Å². The molecule has 4 aromatic rings. The average Bonchev–Trinajstić information content (AvgIpc) is 3.21. The molecular weight excluding hydrogens is 360 g/mol. The first-order valence-corrected chi connectivity index (χ1v) is 9.70. The van der Waals surface area contributed by atoms with Gasteiger partial charge in [-0.25, -0.2) is 5.43 Å². The molecule has 0 spiro atoms. The van der Waals surface area contributed by atoms with Crippen molar-refractivity contribution in [3.63, 3.8) is 0 Å². The fourth-order valence-corrected chi connectivity index (χ4v) is 3.92. The first kappa shape index (κ1) is 17.4. The number of aromatic amines is 1. The summed E-state index contributed by atoms with van der Waals surface area (Å²) in [5.74, 6) is -0.265. The van der Waals surface area contributed by atoms with Gasteiger partial charge in [-0.15, -0.1) is 0 Å². The van der Waals surface area contributed by atoms with E-state index in [0.29, 0.717) is 5.69 Å². The van der Waals surface area contributed by atoms with Crippen molar-refractivity contribution in [3.05, 3.63) is 89.1 Å². The Bertz CT molecular complexity index is 1270. The lowest BCUT2D eigenvalue weighted by molar-refractivity contribution is 0.0949. The number of aromatic nitrogens is 2. The largest absolute Gasteiger partial charge is 0.289 e. The van der Waals surface area contributed by atoms with Crippen molar-refractivity contribution in [2.45, 2.75) is 19.8 Å². The molecule has 0 saturated carbocycles. The standard InChI is InChI=1S/C24H20N4O/c1-15(18-11-10-16-6-2-3-8-19(16)14-18)25-28-24(29)23-21-13-12-17-7-4-5-9-20(17)22(21)26-27-23/h2-11,14H,12-13H2,1H3,(H,26,27)(H,28,29)/b25-15-. The molecule has 5 nitrogen and oxygen atoms in total. The molecule has 142 valence electrons. The summed E-state index contributed by atoms with van der Waals surface area (Å²) in [7, 11) is 0. The molecule has 1 amide bonds. The summed E-state index contributed by atoms with van der Waals surface area (Å²) < 4.78 is 0. The number of rotatable bonds is 3. The van der Waals surface area contributed by atoms with Gasteiger partial charge in [-0.05, 0) is 47.7 Å². The van der Waals surface area contributed by atoms with Gasteiger partial charge in [0.05, 0.1) is 11.4 Å². The lowest BCUT2D eigenvalue weighted by atomic mass is 9.89. The third-order valence-corrected chi connectivity index (χ3v) is 5.50. The molecule has 0 aliphatic heterocycles. The van der Waals surface area contributed by atoms with E-state index in [1.807, 2.05) is 37.3 Å². The second-order valence-corrected chi connectivity index (χ2v) is 7.28. The van der Waals surface area contributed by atoms with Crippen LogP contribution >= 0.6 is 0 Å². The molecule has 29 heavy (non-hydrogen) atoms. The van der Waals surface area contributed by atoms with Gasteiger partial charge < -0.3 is 0 Å². The van der Waals surface area contributed by atoms with E-state index in [0.717, 1.165) is 46.3 Å². The molecule has 5 rings (SSSR count). The Kier molecular flexibility index (Phi) is 4.21. The second-order valence-electron chi connectivity index (χ2n) is 7.28. The van der Waals surface area contributed by atoms with Gasteiger partial charge in [-0.2, -0.15) is 10.2 Å². The molecule has 0 fully saturated rings. The van der Waals surface area contributed by atoms with Crippen LogP contribution in [0.2, 0.25) is 0 Å². The van der Waals surface area contributed by atoms with Gasteiger partial charge in [0.2, 0.25) is 0 Å². The van der Waals surface area contributed by atoms with Gasteiger partial charge in [-0.3, -0.25) is 9.89 Å². The van der Waals surface area contributed by atoms with Crippen LogP contribution in [0.25, 0.3) is 22.0 Å². The lowest BCUT2D eigenvalue weighted by Crippen LogP contribution is -2.21. The number of hydrogen-bond donors (Lipinski definition) is 2. The topological polar surface area (TPSA) is 70.1 Å². The third kappa shape index (κ3) is 3.10. The Balaban J connectivity index is 1.39. The fraction of sp³-hybridized carbons (Fsp3) is 0.125. The van der Waals surface area contributed by atoms with Crippen molar-refractivity contribution in [1.82, 2.24) is 15.6 Å². The Morgan fingerprint density at radius 3 is 2.69 bits per heavy atom. The maximum atomic E-state index is 12.7. The van der Waals surface area contributed by atoms with Gasteiger partial charge >= 0.3 is 0 Å². The number of H-pyrrole nitrogens is 1. The highest BCUT2D eigenvalue weighted by Gasteiger charge is 2.24. The van der Waals surface area contributed by atoms with Gasteiger partial charge in [-0.1, -0.05) is 60.7 Å². The molecule has 0 radical (unpaired) electrons. The fourth-order valence-electron chi connectivity index (χ4n) is 3.92. The van der Waals surface area contributed by atoms with Crippen molar-refractivity contribution in [2.24, 2.45) is 5.10 Å². The first-order chi connectivity index (χ1) is 14.2. The summed E-state index contributed by atoms with van der Waals surface area (Å²) in [6.07, 6.45) is 1.70. The highest BCUT2D eigenvalue weighted by atomic mass is 16.2. The molecule has 1 aromatic heterocycles. The summed E-state index contributed by atoms with van der Waals surface area (Å²) in [6.45, 7) is 1.89. The Labute approximate surface area is 168 Å². The van der Waals surface area contributed by atoms with Crippen LogP contribution in [-0.4, -0.2) is 21.8 Å². The minimum atomic E-state index is -0.265. The van der Waals surface area contributed by atoms with Gasteiger partial charge in [0.15, 0.2) is 0 Å². The molecule has 1 aliphatic carbocycles. The zero-order valence-electron chi connectivity index (χ0n) is 16.1. The van der Waals surface area contributed by atoms with Crippen LogP contribution in [0.4, 0.5) is 0 Å². The Morgan fingerprint density at radius 2 is 1.79 bits per heavy atom. The minimum Gasteiger partial charge on any atom is -0.272 e. The van der Waals surface area contributed by atoms with Crippen LogP contribution in [0.1, 0.15) is 34.1 Å². The number of nitrogens with zero attached hydrogens (tertiary/aromatic N) is 2. The van der Waals surface area contributed by atoms with Gasteiger partial charge in [0.25, 0.3) is 5.91 Å².